The smallest absolute Gasteiger partial charge is 0.388 e. The molecule has 1 aliphatic carbocycles. The Morgan fingerprint density at radius 1 is 1.16 bits per heavy atom. The molecule has 0 saturated heterocycles. The average molecular weight is 489 g/mol. The zero-order chi connectivity index (χ0) is 22.8. The van der Waals surface area contributed by atoms with Crippen LogP contribution in [0.5, 0.6) is 0 Å². The fourth-order valence-electron chi connectivity index (χ4n) is 3.84. The number of H-pyrrole nitrogens is 1. The minimum Gasteiger partial charge on any atom is -0.388 e. The van der Waals surface area contributed by atoms with Crippen molar-refractivity contribution in [1.29, 1.82) is 0 Å². The maximum absolute atomic E-state index is 13.5. The summed E-state index contributed by atoms with van der Waals surface area (Å²) in [6.45, 7) is 0.691. The van der Waals surface area contributed by atoms with Crippen LogP contribution in [0.3, 0.4) is 0 Å². The van der Waals surface area contributed by atoms with Crippen molar-refractivity contribution in [2.45, 2.75) is 57.0 Å². The summed E-state index contributed by atoms with van der Waals surface area (Å²) in [5.74, 6) is -0.962. The van der Waals surface area contributed by atoms with E-state index in [-0.39, 0.29) is 47.6 Å². The first kappa shape index (κ1) is 26.0. The molecule has 3 rings (SSSR count). The van der Waals surface area contributed by atoms with E-state index in [1.54, 1.807) is 6.92 Å². The van der Waals surface area contributed by atoms with Crippen LogP contribution in [0.1, 0.15) is 38.2 Å². The maximum Gasteiger partial charge on any atom is 0.434 e. The quantitative estimate of drug-likeness (QED) is 0.499. The second kappa shape index (κ2) is 10.2. The van der Waals surface area contributed by atoms with E-state index in [1.807, 2.05) is 0 Å². The van der Waals surface area contributed by atoms with Gasteiger partial charge in [-0.15, -0.1) is 17.5 Å². The Hall–Kier alpha value is -2.21. The van der Waals surface area contributed by atoms with Crippen molar-refractivity contribution in [3.05, 3.63) is 34.3 Å². The SMILES string of the molecule is C[C@H](Nc1cc(-c2n[nH]c(=O)o2)ccc1C(F)(F)F)C1CCC(NCC(F)(F)F)CC1.Cl. The minimum atomic E-state index is -4.60. The number of rotatable bonds is 6. The lowest BCUT2D eigenvalue weighted by molar-refractivity contribution is -0.137. The van der Waals surface area contributed by atoms with E-state index in [2.05, 4.69) is 20.8 Å². The van der Waals surface area contributed by atoms with E-state index in [1.165, 1.54) is 6.07 Å². The van der Waals surface area contributed by atoms with Crippen molar-refractivity contribution in [2.24, 2.45) is 5.92 Å². The highest BCUT2D eigenvalue weighted by Crippen LogP contribution is 2.38. The van der Waals surface area contributed by atoms with Crippen molar-refractivity contribution < 1.29 is 30.8 Å². The van der Waals surface area contributed by atoms with Gasteiger partial charge in [0.05, 0.1) is 12.1 Å². The van der Waals surface area contributed by atoms with Crippen LogP contribution >= 0.6 is 12.4 Å². The molecule has 180 valence electrons. The third kappa shape index (κ3) is 6.89. The van der Waals surface area contributed by atoms with Gasteiger partial charge in [0, 0.05) is 23.3 Å². The topological polar surface area (TPSA) is 83.0 Å². The van der Waals surface area contributed by atoms with Gasteiger partial charge >= 0.3 is 18.1 Å². The standard InChI is InChI=1S/C19H22F6N4O2.ClH/c1-10(11-2-5-13(6-3-11)26-9-18(20,21)22)27-15-8-12(16-28-29-17(30)31-16)4-7-14(15)19(23,24)25;/h4,7-8,10-11,13,26-27H,2-3,5-6,9H2,1H3,(H,29,30);1H/t10-,11?,13?;/m0./s1. The van der Waals surface area contributed by atoms with Crippen LogP contribution in [0.15, 0.2) is 27.4 Å². The first-order valence-electron chi connectivity index (χ1n) is 9.76. The fourth-order valence-corrected chi connectivity index (χ4v) is 3.84. The summed E-state index contributed by atoms with van der Waals surface area (Å²) in [4.78, 5) is 11.1. The maximum atomic E-state index is 13.5. The zero-order valence-corrected chi connectivity index (χ0v) is 17.8. The van der Waals surface area contributed by atoms with Crippen molar-refractivity contribution in [1.82, 2.24) is 15.5 Å². The van der Waals surface area contributed by atoms with E-state index in [0.717, 1.165) is 12.1 Å². The van der Waals surface area contributed by atoms with Crippen molar-refractivity contribution >= 4 is 18.1 Å². The number of aromatic nitrogens is 2. The third-order valence-corrected chi connectivity index (χ3v) is 5.46. The van der Waals surface area contributed by atoms with Gasteiger partial charge in [-0.2, -0.15) is 26.3 Å². The lowest BCUT2D eigenvalue weighted by Gasteiger charge is -2.34. The molecule has 0 aliphatic heterocycles. The first-order chi connectivity index (χ1) is 14.4. The van der Waals surface area contributed by atoms with Crippen LogP contribution in [-0.4, -0.2) is 35.0 Å². The summed E-state index contributed by atoms with van der Waals surface area (Å²) in [5, 5.41) is 11.1. The number of anilines is 1. The molecule has 1 saturated carbocycles. The molecular weight excluding hydrogens is 466 g/mol. The first-order valence-corrected chi connectivity index (χ1v) is 9.76. The van der Waals surface area contributed by atoms with Gasteiger partial charge < -0.3 is 15.1 Å². The number of aromatic amines is 1. The lowest BCUT2D eigenvalue weighted by atomic mass is 9.82. The van der Waals surface area contributed by atoms with Gasteiger partial charge in [-0.25, -0.2) is 9.89 Å². The number of benzene rings is 1. The highest BCUT2D eigenvalue weighted by Gasteiger charge is 2.35. The van der Waals surface area contributed by atoms with Gasteiger partial charge in [0.15, 0.2) is 0 Å². The molecule has 0 amide bonds. The molecule has 3 N–H and O–H groups in total. The van der Waals surface area contributed by atoms with Gasteiger partial charge in [-0.1, -0.05) is 0 Å². The van der Waals surface area contributed by atoms with Crippen molar-refractivity contribution in [2.75, 3.05) is 11.9 Å². The normalized spacial score (nSPS) is 20.5. The van der Waals surface area contributed by atoms with E-state index in [0.29, 0.717) is 25.7 Å². The molecule has 2 aromatic rings. The number of nitrogens with one attached hydrogen (secondary N) is 3. The molecule has 1 fully saturated rings. The van der Waals surface area contributed by atoms with Crippen LogP contribution in [0.2, 0.25) is 0 Å². The minimum absolute atomic E-state index is 0. The Labute approximate surface area is 185 Å². The van der Waals surface area contributed by atoms with Gasteiger partial charge in [0.25, 0.3) is 0 Å². The summed E-state index contributed by atoms with van der Waals surface area (Å²) in [7, 11) is 0. The summed E-state index contributed by atoms with van der Waals surface area (Å²) in [5.41, 5.74) is -0.858. The van der Waals surface area contributed by atoms with Crippen LogP contribution in [0, 0.1) is 5.92 Å². The van der Waals surface area contributed by atoms with Crippen molar-refractivity contribution in [3.63, 3.8) is 0 Å². The Morgan fingerprint density at radius 3 is 2.34 bits per heavy atom. The number of halogens is 7. The van der Waals surface area contributed by atoms with E-state index >= 15 is 0 Å². The van der Waals surface area contributed by atoms with E-state index in [9.17, 15) is 31.1 Å². The van der Waals surface area contributed by atoms with Crippen LogP contribution in [0.25, 0.3) is 11.5 Å². The third-order valence-electron chi connectivity index (χ3n) is 5.46. The van der Waals surface area contributed by atoms with Crippen molar-refractivity contribution in [3.8, 4) is 11.5 Å². The predicted molar refractivity (Wildman–Crippen MR) is 108 cm³/mol. The second-order valence-corrected chi connectivity index (χ2v) is 7.72. The monoisotopic (exact) mass is 488 g/mol. The van der Waals surface area contributed by atoms with Gasteiger partial charge in [0.2, 0.25) is 5.89 Å². The molecule has 1 aromatic carbocycles. The van der Waals surface area contributed by atoms with Crippen LogP contribution in [-0.2, 0) is 6.18 Å². The summed E-state index contributed by atoms with van der Waals surface area (Å²) < 4.78 is 82.3. The summed E-state index contributed by atoms with van der Waals surface area (Å²) >= 11 is 0. The summed E-state index contributed by atoms with van der Waals surface area (Å²) in [6, 6.07) is 2.65. The molecule has 1 heterocycles. The molecule has 32 heavy (non-hydrogen) atoms. The van der Waals surface area contributed by atoms with Gasteiger partial charge in [-0.3, -0.25) is 0 Å². The second-order valence-electron chi connectivity index (χ2n) is 7.72. The summed E-state index contributed by atoms with van der Waals surface area (Å²) in [6.07, 6.45) is -6.70. The highest BCUT2D eigenvalue weighted by atomic mass is 35.5. The molecule has 1 aliphatic rings. The predicted octanol–water partition coefficient (Wildman–Crippen LogP) is 4.98. The Kier molecular flexibility index (Phi) is 8.27. The Bertz CT molecular complexity index is 935. The van der Waals surface area contributed by atoms with E-state index in [4.69, 9.17) is 4.42 Å². The lowest BCUT2D eigenvalue weighted by Crippen LogP contribution is -2.41. The largest absolute Gasteiger partial charge is 0.434 e. The van der Waals surface area contributed by atoms with Gasteiger partial charge in [0.1, 0.15) is 0 Å². The van der Waals surface area contributed by atoms with E-state index < -0.39 is 30.2 Å². The molecule has 0 unspecified atom stereocenters. The number of nitrogens with zero attached hydrogens (tertiary/aromatic N) is 1. The number of alkyl halides is 6. The Morgan fingerprint density at radius 2 is 1.81 bits per heavy atom. The molecular formula is C19H23ClF6N4O2. The number of hydrogen-bond acceptors (Lipinski definition) is 5. The Balaban J connectivity index is 0.00000363. The fraction of sp³-hybridized carbons (Fsp3) is 0.579. The molecule has 1 aromatic heterocycles. The molecule has 0 bridgehead atoms. The van der Waals surface area contributed by atoms with Crippen LogP contribution < -0.4 is 16.4 Å². The number of hydrogen-bond donors (Lipinski definition) is 3. The molecule has 13 heteroatoms. The average Bonchev–Trinajstić information content (AvgIpc) is 3.11. The molecule has 6 nitrogen and oxygen atoms in total. The zero-order valence-electron chi connectivity index (χ0n) is 16.9. The molecule has 1 atom stereocenters. The van der Waals surface area contributed by atoms with Gasteiger partial charge in [-0.05, 0) is 56.7 Å². The molecule has 0 radical (unpaired) electrons. The van der Waals surface area contributed by atoms with Crippen LogP contribution in [0.4, 0.5) is 32.0 Å². The molecule has 0 spiro atoms. The highest BCUT2D eigenvalue weighted by molar-refractivity contribution is 5.85.